The Morgan fingerprint density at radius 2 is 1.83 bits per heavy atom. The highest BCUT2D eigenvalue weighted by Crippen LogP contribution is 2.26. The van der Waals surface area contributed by atoms with Crippen LogP contribution < -0.4 is 5.32 Å². The Labute approximate surface area is 153 Å². The molecule has 0 aliphatic carbocycles. The second-order valence-electron chi connectivity index (χ2n) is 5.90. The van der Waals surface area contributed by atoms with Gasteiger partial charge in [0, 0.05) is 19.5 Å². The van der Waals surface area contributed by atoms with Crippen LogP contribution in [0.5, 0.6) is 0 Å². The summed E-state index contributed by atoms with van der Waals surface area (Å²) in [4.78, 5) is 14.2. The lowest BCUT2D eigenvalue weighted by Gasteiger charge is -2.19. The first-order valence-electron chi connectivity index (χ1n) is 7.93. The summed E-state index contributed by atoms with van der Waals surface area (Å²) < 4.78 is 0. The van der Waals surface area contributed by atoms with Gasteiger partial charge in [0.15, 0.2) is 0 Å². The number of benzene rings is 2. The summed E-state index contributed by atoms with van der Waals surface area (Å²) in [6, 6.07) is 15.5. The second-order valence-corrected chi connectivity index (χ2v) is 6.69. The molecule has 0 heterocycles. The van der Waals surface area contributed by atoms with Crippen molar-refractivity contribution in [2.24, 2.45) is 0 Å². The van der Waals surface area contributed by atoms with Gasteiger partial charge in [-0.15, -0.1) is 0 Å². The molecule has 3 nitrogen and oxygen atoms in total. The van der Waals surface area contributed by atoms with E-state index in [9.17, 15) is 4.79 Å². The van der Waals surface area contributed by atoms with E-state index in [1.54, 1.807) is 6.07 Å². The van der Waals surface area contributed by atoms with Crippen LogP contribution in [0.2, 0.25) is 10.0 Å². The van der Waals surface area contributed by atoms with Gasteiger partial charge in [0.1, 0.15) is 0 Å². The third-order valence-corrected chi connectivity index (χ3v) is 4.73. The van der Waals surface area contributed by atoms with Crippen molar-refractivity contribution in [3.8, 4) is 0 Å². The zero-order valence-corrected chi connectivity index (χ0v) is 15.4. The van der Waals surface area contributed by atoms with Crippen LogP contribution >= 0.6 is 23.2 Å². The maximum Gasteiger partial charge on any atom is 0.221 e. The topological polar surface area (TPSA) is 32.3 Å². The van der Waals surface area contributed by atoms with E-state index in [1.807, 2.05) is 56.4 Å². The van der Waals surface area contributed by atoms with Crippen LogP contribution in [0.1, 0.15) is 30.5 Å². The molecule has 2 aromatic carbocycles. The van der Waals surface area contributed by atoms with Gasteiger partial charge in [-0.05, 0) is 31.2 Å². The van der Waals surface area contributed by atoms with E-state index in [0.717, 1.165) is 11.1 Å². The fourth-order valence-corrected chi connectivity index (χ4v) is 2.85. The predicted molar refractivity (Wildman–Crippen MR) is 100 cm³/mol. The summed E-state index contributed by atoms with van der Waals surface area (Å²) in [6.45, 7) is 3.29. The molecule has 2 rings (SSSR count). The summed E-state index contributed by atoms with van der Waals surface area (Å²) >= 11 is 12.2. The van der Waals surface area contributed by atoms with Crippen molar-refractivity contribution in [1.82, 2.24) is 10.2 Å². The van der Waals surface area contributed by atoms with Gasteiger partial charge in [-0.3, -0.25) is 4.79 Å². The van der Waals surface area contributed by atoms with Gasteiger partial charge in [-0.2, -0.15) is 0 Å². The highest BCUT2D eigenvalue weighted by Gasteiger charge is 2.11. The summed E-state index contributed by atoms with van der Waals surface area (Å²) in [5, 5.41) is 4.15. The third kappa shape index (κ3) is 5.52. The minimum absolute atomic E-state index is 0.00591. The summed E-state index contributed by atoms with van der Waals surface area (Å²) in [7, 11) is 1.96. The van der Waals surface area contributed by atoms with E-state index in [2.05, 4.69) is 10.2 Å². The molecule has 1 atom stereocenters. The lowest BCUT2D eigenvalue weighted by Crippen LogP contribution is -2.30. The summed E-state index contributed by atoms with van der Waals surface area (Å²) in [5.74, 6) is 0.0374. The number of hydrogen-bond acceptors (Lipinski definition) is 2. The molecule has 0 saturated heterocycles. The molecular weight excluding hydrogens is 343 g/mol. The Morgan fingerprint density at radius 3 is 2.54 bits per heavy atom. The quantitative estimate of drug-likeness (QED) is 0.772. The first kappa shape index (κ1) is 18.8. The number of hydrogen-bond donors (Lipinski definition) is 1. The highest BCUT2D eigenvalue weighted by molar-refractivity contribution is 6.42. The fourth-order valence-electron chi connectivity index (χ4n) is 2.47. The third-order valence-electron chi connectivity index (χ3n) is 3.87. The van der Waals surface area contributed by atoms with E-state index in [-0.39, 0.29) is 11.9 Å². The van der Waals surface area contributed by atoms with Crippen LogP contribution in [-0.2, 0) is 11.3 Å². The number of nitrogens with zero attached hydrogens (tertiary/aromatic N) is 1. The van der Waals surface area contributed by atoms with Gasteiger partial charge in [-0.25, -0.2) is 0 Å². The Kier molecular flexibility index (Phi) is 7.10. The SMILES string of the molecule is CC(NC(=O)CCN(C)Cc1cccc(Cl)c1Cl)c1ccccc1. The lowest BCUT2D eigenvalue weighted by atomic mass is 10.1. The number of nitrogens with one attached hydrogen (secondary N) is 1. The summed E-state index contributed by atoms with van der Waals surface area (Å²) in [6.07, 6.45) is 0.436. The molecule has 0 aliphatic rings. The number of carbonyl (C=O) groups excluding carboxylic acids is 1. The van der Waals surface area contributed by atoms with Crippen molar-refractivity contribution < 1.29 is 4.79 Å². The fraction of sp³-hybridized carbons (Fsp3) is 0.316. The molecule has 0 fully saturated rings. The molecule has 0 aliphatic heterocycles. The van der Waals surface area contributed by atoms with Crippen LogP contribution in [0.25, 0.3) is 0 Å². The molecule has 0 aromatic heterocycles. The highest BCUT2D eigenvalue weighted by atomic mass is 35.5. The van der Waals surface area contributed by atoms with Crippen molar-refractivity contribution >= 4 is 29.1 Å². The first-order chi connectivity index (χ1) is 11.5. The molecule has 0 spiro atoms. The maximum atomic E-state index is 12.1. The van der Waals surface area contributed by atoms with Crippen molar-refractivity contribution in [3.63, 3.8) is 0 Å². The lowest BCUT2D eigenvalue weighted by molar-refractivity contribution is -0.122. The van der Waals surface area contributed by atoms with Gasteiger partial charge in [0.2, 0.25) is 5.91 Å². The molecule has 24 heavy (non-hydrogen) atoms. The second kappa shape index (κ2) is 9.07. The molecule has 0 saturated carbocycles. The normalized spacial score (nSPS) is 12.2. The van der Waals surface area contributed by atoms with Crippen LogP contribution in [0, 0.1) is 0 Å². The Bertz CT molecular complexity index is 676. The molecule has 128 valence electrons. The average molecular weight is 365 g/mol. The van der Waals surface area contributed by atoms with Crippen molar-refractivity contribution in [2.75, 3.05) is 13.6 Å². The first-order valence-corrected chi connectivity index (χ1v) is 8.68. The zero-order valence-electron chi connectivity index (χ0n) is 13.9. The number of carbonyl (C=O) groups is 1. The minimum Gasteiger partial charge on any atom is -0.350 e. The standard InChI is InChI=1S/C19H22Cl2N2O/c1-14(15-7-4-3-5-8-15)22-18(24)11-12-23(2)13-16-9-6-10-17(20)19(16)21/h3-10,14H,11-13H2,1-2H3,(H,22,24). The van der Waals surface area contributed by atoms with Gasteiger partial charge >= 0.3 is 0 Å². The van der Waals surface area contributed by atoms with Crippen LogP contribution in [0.3, 0.4) is 0 Å². The van der Waals surface area contributed by atoms with Gasteiger partial charge < -0.3 is 10.2 Å². The van der Waals surface area contributed by atoms with E-state index in [1.165, 1.54) is 0 Å². The number of amides is 1. The Balaban J connectivity index is 1.80. The van der Waals surface area contributed by atoms with E-state index in [0.29, 0.717) is 29.6 Å². The van der Waals surface area contributed by atoms with Gasteiger partial charge in [0.05, 0.1) is 16.1 Å². The largest absolute Gasteiger partial charge is 0.350 e. The minimum atomic E-state index is 0.00591. The zero-order chi connectivity index (χ0) is 17.5. The average Bonchev–Trinajstić information content (AvgIpc) is 2.58. The van der Waals surface area contributed by atoms with E-state index in [4.69, 9.17) is 23.2 Å². The maximum absolute atomic E-state index is 12.1. The predicted octanol–water partition coefficient (Wildman–Crippen LogP) is 4.69. The monoisotopic (exact) mass is 364 g/mol. The Hall–Kier alpha value is -1.55. The Morgan fingerprint density at radius 1 is 1.12 bits per heavy atom. The molecule has 0 radical (unpaired) electrons. The van der Waals surface area contributed by atoms with Gasteiger partial charge in [-0.1, -0.05) is 65.7 Å². The van der Waals surface area contributed by atoms with Gasteiger partial charge in [0.25, 0.3) is 0 Å². The van der Waals surface area contributed by atoms with Crippen molar-refractivity contribution in [2.45, 2.75) is 25.9 Å². The van der Waals surface area contributed by atoms with Crippen LogP contribution in [0.4, 0.5) is 0 Å². The molecular formula is C19H22Cl2N2O. The van der Waals surface area contributed by atoms with Crippen LogP contribution in [0.15, 0.2) is 48.5 Å². The van der Waals surface area contributed by atoms with E-state index >= 15 is 0 Å². The van der Waals surface area contributed by atoms with E-state index < -0.39 is 0 Å². The van der Waals surface area contributed by atoms with Crippen molar-refractivity contribution in [1.29, 1.82) is 0 Å². The van der Waals surface area contributed by atoms with Crippen LogP contribution in [-0.4, -0.2) is 24.4 Å². The summed E-state index contributed by atoms with van der Waals surface area (Å²) in [5.41, 5.74) is 2.06. The molecule has 1 unspecified atom stereocenters. The smallest absolute Gasteiger partial charge is 0.221 e. The molecule has 5 heteroatoms. The molecule has 2 aromatic rings. The molecule has 1 amide bonds. The number of halogens is 2. The molecule has 1 N–H and O–H groups in total. The van der Waals surface area contributed by atoms with Crippen molar-refractivity contribution in [3.05, 3.63) is 69.7 Å². The molecule has 0 bridgehead atoms. The number of rotatable bonds is 7.